The van der Waals surface area contributed by atoms with Crippen LogP contribution in [0.25, 0.3) is 0 Å². The van der Waals surface area contributed by atoms with Crippen LogP contribution in [-0.4, -0.2) is 13.1 Å². The van der Waals surface area contributed by atoms with E-state index in [4.69, 9.17) is 4.42 Å². The first kappa shape index (κ1) is 13.7. The maximum absolute atomic E-state index is 11.2. The molecule has 19 heavy (non-hydrogen) atoms. The first-order chi connectivity index (χ1) is 9.20. The van der Waals surface area contributed by atoms with Crippen molar-refractivity contribution >= 4 is 17.7 Å². The lowest BCUT2D eigenvalue weighted by molar-refractivity contribution is 0.0563. The molecule has 0 atom stereocenters. The number of methoxy groups -OCH3 is 1. The maximum Gasteiger partial charge on any atom is 0.373 e. The van der Waals surface area contributed by atoms with Crippen LogP contribution in [0.2, 0.25) is 0 Å². The molecule has 1 aromatic heterocycles. The topological polar surface area (TPSA) is 39.4 Å². The van der Waals surface area contributed by atoms with Gasteiger partial charge in [0.1, 0.15) is 5.76 Å². The van der Waals surface area contributed by atoms with E-state index in [1.165, 1.54) is 18.2 Å². The zero-order valence-electron chi connectivity index (χ0n) is 11.0. The number of ether oxygens (including phenoxy) is 1. The molecule has 0 saturated carbocycles. The van der Waals surface area contributed by atoms with Gasteiger partial charge in [-0.25, -0.2) is 4.79 Å². The predicted molar refractivity (Wildman–Crippen MR) is 76.2 cm³/mol. The number of carbonyl (C=O) groups excluding carboxylic acids is 1. The first-order valence-corrected chi connectivity index (χ1v) is 7.15. The lowest BCUT2D eigenvalue weighted by Gasteiger charge is -2.04. The van der Waals surface area contributed by atoms with Gasteiger partial charge in [0.25, 0.3) is 0 Å². The van der Waals surface area contributed by atoms with Gasteiger partial charge < -0.3 is 9.15 Å². The summed E-state index contributed by atoms with van der Waals surface area (Å²) in [5, 5.41) is 0. The van der Waals surface area contributed by atoms with Crippen molar-refractivity contribution < 1.29 is 13.9 Å². The van der Waals surface area contributed by atoms with Crippen LogP contribution in [0.1, 0.15) is 27.4 Å². The van der Waals surface area contributed by atoms with E-state index in [0.717, 1.165) is 17.3 Å². The smallest absolute Gasteiger partial charge is 0.373 e. The Morgan fingerprint density at radius 1 is 1.21 bits per heavy atom. The quantitative estimate of drug-likeness (QED) is 0.778. The van der Waals surface area contributed by atoms with Crippen molar-refractivity contribution in [2.75, 3.05) is 7.11 Å². The second-order valence-electron chi connectivity index (χ2n) is 4.18. The lowest BCUT2D eigenvalue weighted by atomic mass is 10.1. The molecule has 0 saturated heterocycles. The van der Waals surface area contributed by atoms with Crippen LogP contribution in [0.15, 0.2) is 40.8 Å². The van der Waals surface area contributed by atoms with Gasteiger partial charge in [-0.15, -0.1) is 11.8 Å². The number of esters is 1. The normalized spacial score (nSPS) is 10.4. The van der Waals surface area contributed by atoms with Crippen molar-refractivity contribution in [1.29, 1.82) is 0 Å². The van der Waals surface area contributed by atoms with Gasteiger partial charge in [-0.05, 0) is 30.2 Å². The fourth-order valence-electron chi connectivity index (χ4n) is 1.70. The van der Waals surface area contributed by atoms with Gasteiger partial charge in [0.2, 0.25) is 5.76 Å². The summed E-state index contributed by atoms with van der Waals surface area (Å²) < 4.78 is 10.0. The predicted octanol–water partition coefficient (Wildman–Crippen LogP) is 3.81. The molecule has 4 heteroatoms. The molecule has 0 bridgehead atoms. The molecule has 2 rings (SSSR count). The number of carbonyl (C=O) groups is 1. The summed E-state index contributed by atoms with van der Waals surface area (Å²) in [6.45, 7) is 2.11. The van der Waals surface area contributed by atoms with Crippen LogP contribution < -0.4 is 0 Å². The Hall–Kier alpha value is -1.68. The molecule has 0 aliphatic carbocycles. The van der Waals surface area contributed by atoms with Crippen molar-refractivity contribution in [1.82, 2.24) is 0 Å². The summed E-state index contributed by atoms with van der Waals surface area (Å²) in [6.07, 6.45) is 0. The molecule has 1 heterocycles. The minimum absolute atomic E-state index is 0.258. The second-order valence-corrected chi connectivity index (χ2v) is 5.16. The molecular formula is C15H16O3S. The molecule has 0 N–H and O–H groups in total. The molecule has 2 aromatic rings. The van der Waals surface area contributed by atoms with E-state index in [9.17, 15) is 4.79 Å². The van der Waals surface area contributed by atoms with Crippen LogP contribution in [0, 0.1) is 6.92 Å². The number of aryl methyl sites for hydroxylation is 1. The Bertz CT molecular complexity index is 560. The molecule has 3 nitrogen and oxygen atoms in total. The number of rotatable bonds is 5. The van der Waals surface area contributed by atoms with Crippen LogP contribution >= 0.6 is 11.8 Å². The van der Waals surface area contributed by atoms with Gasteiger partial charge in [-0.1, -0.05) is 24.3 Å². The minimum atomic E-state index is -0.435. The Labute approximate surface area is 117 Å². The third kappa shape index (κ3) is 3.64. The van der Waals surface area contributed by atoms with Gasteiger partial charge >= 0.3 is 5.97 Å². The fourth-order valence-corrected chi connectivity index (χ4v) is 2.70. The van der Waals surface area contributed by atoms with E-state index >= 15 is 0 Å². The Morgan fingerprint density at radius 3 is 2.74 bits per heavy atom. The van der Waals surface area contributed by atoms with E-state index < -0.39 is 5.97 Å². The monoisotopic (exact) mass is 276 g/mol. The SMILES string of the molecule is COC(=O)c1ccc(CSCc2ccccc2C)o1. The highest BCUT2D eigenvalue weighted by atomic mass is 32.2. The summed E-state index contributed by atoms with van der Waals surface area (Å²) in [7, 11) is 1.34. The highest BCUT2D eigenvalue weighted by Gasteiger charge is 2.10. The second kappa shape index (κ2) is 6.48. The molecule has 0 aliphatic heterocycles. The molecule has 0 fully saturated rings. The standard InChI is InChI=1S/C15H16O3S/c1-11-5-3-4-6-12(11)9-19-10-13-7-8-14(18-13)15(16)17-2/h3-8H,9-10H2,1-2H3. The number of hydrogen-bond donors (Lipinski definition) is 0. The van der Waals surface area contributed by atoms with Crippen molar-refractivity contribution in [2.45, 2.75) is 18.4 Å². The Morgan fingerprint density at radius 2 is 2.00 bits per heavy atom. The van der Waals surface area contributed by atoms with Crippen LogP contribution in [0.3, 0.4) is 0 Å². The van der Waals surface area contributed by atoms with Gasteiger partial charge in [0.05, 0.1) is 12.9 Å². The van der Waals surface area contributed by atoms with E-state index in [0.29, 0.717) is 0 Å². The van der Waals surface area contributed by atoms with Gasteiger partial charge in [-0.3, -0.25) is 0 Å². The van der Waals surface area contributed by atoms with Crippen molar-refractivity contribution in [3.8, 4) is 0 Å². The maximum atomic E-state index is 11.2. The third-order valence-corrected chi connectivity index (χ3v) is 3.82. The summed E-state index contributed by atoms with van der Waals surface area (Å²) in [6, 6.07) is 11.8. The molecule has 0 aliphatic rings. The zero-order valence-corrected chi connectivity index (χ0v) is 11.8. The lowest BCUT2D eigenvalue weighted by Crippen LogP contribution is -1.98. The van der Waals surface area contributed by atoms with Gasteiger partial charge in [0, 0.05) is 5.75 Å². The number of hydrogen-bond acceptors (Lipinski definition) is 4. The molecule has 100 valence electrons. The largest absolute Gasteiger partial charge is 0.463 e. The van der Waals surface area contributed by atoms with Crippen LogP contribution in [-0.2, 0) is 16.2 Å². The average Bonchev–Trinajstić information content (AvgIpc) is 2.89. The summed E-state index contributed by atoms with van der Waals surface area (Å²) in [5.41, 5.74) is 2.62. The molecule has 0 spiro atoms. The van der Waals surface area contributed by atoms with Gasteiger partial charge in [0.15, 0.2) is 0 Å². The highest BCUT2D eigenvalue weighted by molar-refractivity contribution is 7.97. The third-order valence-electron chi connectivity index (χ3n) is 2.81. The Kier molecular flexibility index (Phi) is 4.68. The number of furan rings is 1. The van der Waals surface area contributed by atoms with E-state index in [1.807, 2.05) is 18.2 Å². The summed E-state index contributed by atoms with van der Waals surface area (Å²) in [5.74, 6) is 2.29. The Balaban J connectivity index is 1.88. The average molecular weight is 276 g/mol. The minimum Gasteiger partial charge on any atom is -0.463 e. The van der Waals surface area contributed by atoms with Gasteiger partial charge in [-0.2, -0.15) is 0 Å². The highest BCUT2D eigenvalue weighted by Crippen LogP contribution is 2.21. The molecule has 1 aromatic carbocycles. The van der Waals surface area contributed by atoms with Crippen molar-refractivity contribution in [3.05, 3.63) is 59.0 Å². The molecule has 0 amide bonds. The number of thioether (sulfide) groups is 1. The van der Waals surface area contributed by atoms with E-state index in [2.05, 4.69) is 23.8 Å². The molecular weight excluding hydrogens is 260 g/mol. The fraction of sp³-hybridized carbons (Fsp3) is 0.267. The van der Waals surface area contributed by atoms with Crippen LogP contribution in [0.5, 0.6) is 0 Å². The van der Waals surface area contributed by atoms with Crippen LogP contribution in [0.4, 0.5) is 0 Å². The van der Waals surface area contributed by atoms with Crippen molar-refractivity contribution in [2.24, 2.45) is 0 Å². The van der Waals surface area contributed by atoms with E-state index in [-0.39, 0.29) is 5.76 Å². The van der Waals surface area contributed by atoms with E-state index in [1.54, 1.807) is 17.8 Å². The number of benzene rings is 1. The summed E-state index contributed by atoms with van der Waals surface area (Å²) in [4.78, 5) is 11.2. The zero-order chi connectivity index (χ0) is 13.7. The summed E-state index contributed by atoms with van der Waals surface area (Å²) >= 11 is 1.76. The molecule has 0 radical (unpaired) electrons. The van der Waals surface area contributed by atoms with Crippen molar-refractivity contribution in [3.63, 3.8) is 0 Å². The first-order valence-electron chi connectivity index (χ1n) is 6.00. The molecule has 0 unspecified atom stereocenters.